The van der Waals surface area contributed by atoms with E-state index in [1.165, 1.54) is 12.1 Å². The molecule has 0 unspecified atom stereocenters. The van der Waals surface area contributed by atoms with Crippen LogP contribution in [0.25, 0.3) is 10.9 Å². The SMILES string of the molecule is Cc1ccc2nnc(C#N)c(N(C)Cc3cccc(F)c3)c2c1. The van der Waals surface area contributed by atoms with Crippen molar-refractivity contribution in [3.63, 3.8) is 0 Å². The van der Waals surface area contributed by atoms with Crippen molar-refractivity contribution in [3.8, 4) is 6.07 Å². The molecule has 0 N–H and O–H groups in total. The van der Waals surface area contributed by atoms with E-state index in [9.17, 15) is 9.65 Å². The summed E-state index contributed by atoms with van der Waals surface area (Å²) in [6.07, 6.45) is 0. The van der Waals surface area contributed by atoms with Gasteiger partial charge in [-0.2, -0.15) is 5.26 Å². The highest BCUT2D eigenvalue weighted by molar-refractivity contribution is 5.93. The van der Waals surface area contributed by atoms with Gasteiger partial charge in [-0.3, -0.25) is 0 Å². The summed E-state index contributed by atoms with van der Waals surface area (Å²) >= 11 is 0. The topological polar surface area (TPSA) is 52.8 Å². The van der Waals surface area contributed by atoms with Gasteiger partial charge in [0.25, 0.3) is 0 Å². The number of benzene rings is 2. The largest absolute Gasteiger partial charge is 0.367 e. The van der Waals surface area contributed by atoms with Crippen molar-refractivity contribution in [2.24, 2.45) is 0 Å². The van der Waals surface area contributed by atoms with Gasteiger partial charge in [-0.05, 0) is 36.8 Å². The third-order valence-corrected chi connectivity index (χ3v) is 3.69. The number of nitrogens with zero attached hydrogens (tertiary/aromatic N) is 4. The van der Waals surface area contributed by atoms with Gasteiger partial charge in [-0.25, -0.2) is 4.39 Å². The molecule has 0 saturated carbocycles. The fraction of sp³-hybridized carbons (Fsp3) is 0.167. The molecule has 0 aliphatic heterocycles. The van der Waals surface area contributed by atoms with E-state index in [-0.39, 0.29) is 11.5 Å². The predicted octanol–water partition coefficient (Wildman–Crippen LogP) is 3.59. The van der Waals surface area contributed by atoms with E-state index in [0.717, 1.165) is 22.0 Å². The Bertz CT molecular complexity index is 915. The lowest BCUT2D eigenvalue weighted by molar-refractivity contribution is 0.625. The second-order valence-electron chi connectivity index (χ2n) is 5.52. The fourth-order valence-corrected chi connectivity index (χ4v) is 2.66. The van der Waals surface area contributed by atoms with E-state index in [0.29, 0.717) is 12.2 Å². The lowest BCUT2D eigenvalue weighted by Crippen LogP contribution is -2.19. The molecular weight excluding hydrogens is 291 g/mol. The Hall–Kier alpha value is -3.00. The molecule has 4 nitrogen and oxygen atoms in total. The van der Waals surface area contributed by atoms with E-state index in [1.54, 1.807) is 6.07 Å². The average Bonchev–Trinajstić information content (AvgIpc) is 2.53. The second-order valence-corrected chi connectivity index (χ2v) is 5.52. The van der Waals surface area contributed by atoms with E-state index < -0.39 is 0 Å². The number of hydrogen-bond donors (Lipinski definition) is 0. The molecule has 0 atom stereocenters. The van der Waals surface area contributed by atoms with Crippen molar-refractivity contribution >= 4 is 16.6 Å². The van der Waals surface area contributed by atoms with Crippen LogP contribution in [0.4, 0.5) is 10.1 Å². The van der Waals surface area contributed by atoms with Gasteiger partial charge in [0.15, 0.2) is 5.69 Å². The normalized spacial score (nSPS) is 10.5. The third kappa shape index (κ3) is 2.97. The van der Waals surface area contributed by atoms with Crippen LogP contribution in [-0.2, 0) is 6.54 Å². The molecule has 1 heterocycles. The molecule has 0 aliphatic carbocycles. The summed E-state index contributed by atoms with van der Waals surface area (Å²) in [5, 5.41) is 18.3. The Labute approximate surface area is 133 Å². The maximum atomic E-state index is 13.4. The molecule has 2 aromatic carbocycles. The molecule has 23 heavy (non-hydrogen) atoms. The van der Waals surface area contributed by atoms with Crippen molar-refractivity contribution in [3.05, 3.63) is 65.1 Å². The minimum atomic E-state index is -0.273. The first-order chi connectivity index (χ1) is 11.1. The first kappa shape index (κ1) is 14.9. The van der Waals surface area contributed by atoms with Crippen LogP contribution in [0.15, 0.2) is 42.5 Å². The van der Waals surface area contributed by atoms with Crippen LogP contribution in [0.2, 0.25) is 0 Å². The number of halogens is 1. The predicted molar refractivity (Wildman–Crippen MR) is 87.5 cm³/mol. The van der Waals surface area contributed by atoms with Gasteiger partial charge in [0.05, 0.1) is 11.2 Å². The number of fused-ring (bicyclic) bond motifs is 1. The van der Waals surface area contributed by atoms with Crippen LogP contribution < -0.4 is 4.90 Å². The summed E-state index contributed by atoms with van der Waals surface area (Å²) < 4.78 is 13.4. The molecule has 0 bridgehead atoms. The van der Waals surface area contributed by atoms with Crippen LogP contribution in [0, 0.1) is 24.1 Å². The Morgan fingerprint density at radius 2 is 2.00 bits per heavy atom. The van der Waals surface area contributed by atoms with Gasteiger partial charge in [-0.1, -0.05) is 23.8 Å². The molecule has 0 radical (unpaired) electrons. The number of aromatic nitrogens is 2. The molecule has 0 amide bonds. The molecule has 0 saturated heterocycles. The zero-order valence-electron chi connectivity index (χ0n) is 12.9. The summed E-state index contributed by atoms with van der Waals surface area (Å²) in [4.78, 5) is 1.91. The van der Waals surface area contributed by atoms with E-state index in [2.05, 4.69) is 16.3 Å². The lowest BCUT2D eigenvalue weighted by atomic mass is 10.1. The van der Waals surface area contributed by atoms with Crippen LogP contribution in [0.5, 0.6) is 0 Å². The van der Waals surface area contributed by atoms with E-state index in [1.807, 2.05) is 43.1 Å². The van der Waals surface area contributed by atoms with Gasteiger partial charge < -0.3 is 4.90 Å². The molecule has 0 aliphatic rings. The van der Waals surface area contributed by atoms with Gasteiger partial charge in [-0.15, -0.1) is 10.2 Å². The van der Waals surface area contributed by atoms with E-state index >= 15 is 0 Å². The molecule has 1 aromatic heterocycles. The highest BCUT2D eigenvalue weighted by Gasteiger charge is 2.15. The number of nitriles is 1. The van der Waals surface area contributed by atoms with E-state index in [4.69, 9.17) is 0 Å². The summed E-state index contributed by atoms with van der Waals surface area (Å²) in [7, 11) is 1.87. The highest BCUT2D eigenvalue weighted by atomic mass is 19.1. The molecular formula is C18H15FN4. The van der Waals surface area contributed by atoms with Crippen LogP contribution in [0.1, 0.15) is 16.8 Å². The number of rotatable bonds is 3. The van der Waals surface area contributed by atoms with Crippen LogP contribution >= 0.6 is 0 Å². The zero-order chi connectivity index (χ0) is 16.4. The van der Waals surface area contributed by atoms with Crippen LogP contribution in [0.3, 0.4) is 0 Å². The first-order valence-electron chi connectivity index (χ1n) is 7.21. The van der Waals surface area contributed by atoms with Crippen molar-refractivity contribution in [1.29, 1.82) is 5.26 Å². The summed E-state index contributed by atoms with van der Waals surface area (Å²) in [5.74, 6) is -0.273. The number of anilines is 1. The molecule has 5 heteroatoms. The fourth-order valence-electron chi connectivity index (χ4n) is 2.66. The van der Waals surface area contributed by atoms with Crippen molar-refractivity contribution in [2.45, 2.75) is 13.5 Å². The lowest BCUT2D eigenvalue weighted by Gasteiger charge is -2.21. The Morgan fingerprint density at radius 3 is 2.74 bits per heavy atom. The summed E-state index contributed by atoms with van der Waals surface area (Å²) in [6.45, 7) is 2.46. The average molecular weight is 306 g/mol. The van der Waals surface area contributed by atoms with Gasteiger partial charge in [0.1, 0.15) is 11.9 Å². The quantitative estimate of drug-likeness (QED) is 0.742. The Balaban J connectivity index is 2.10. The van der Waals surface area contributed by atoms with Gasteiger partial charge in [0.2, 0.25) is 0 Å². The highest BCUT2D eigenvalue weighted by Crippen LogP contribution is 2.29. The standard InChI is InChI=1S/C18H15FN4/c1-12-6-7-16-15(8-12)18(17(10-20)22-21-16)23(2)11-13-4-3-5-14(19)9-13/h3-9H,11H2,1-2H3. The minimum absolute atomic E-state index is 0.266. The summed E-state index contributed by atoms with van der Waals surface area (Å²) in [5.41, 5.74) is 3.62. The minimum Gasteiger partial charge on any atom is -0.367 e. The molecule has 3 rings (SSSR count). The zero-order valence-corrected chi connectivity index (χ0v) is 12.9. The molecule has 0 spiro atoms. The van der Waals surface area contributed by atoms with Crippen LogP contribution in [-0.4, -0.2) is 17.2 Å². The first-order valence-corrected chi connectivity index (χ1v) is 7.21. The van der Waals surface area contributed by atoms with Crippen molar-refractivity contribution in [1.82, 2.24) is 10.2 Å². The van der Waals surface area contributed by atoms with Crippen molar-refractivity contribution < 1.29 is 4.39 Å². The van der Waals surface area contributed by atoms with Gasteiger partial charge >= 0.3 is 0 Å². The summed E-state index contributed by atoms with van der Waals surface area (Å²) in [6, 6.07) is 14.4. The Morgan fingerprint density at radius 1 is 1.17 bits per heavy atom. The maximum absolute atomic E-state index is 13.4. The molecule has 114 valence electrons. The molecule has 3 aromatic rings. The third-order valence-electron chi connectivity index (χ3n) is 3.69. The maximum Gasteiger partial charge on any atom is 0.187 e. The number of aryl methyl sites for hydroxylation is 1. The second kappa shape index (κ2) is 6.01. The Kier molecular flexibility index (Phi) is 3.90. The van der Waals surface area contributed by atoms with Crippen molar-refractivity contribution in [2.75, 3.05) is 11.9 Å². The van der Waals surface area contributed by atoms with Gasteiger partial charge in [0, 0.05) is 19.0 Å². The monoisotopic (exact) mass is 306 g/mol. The number of hydrogen-bond acceptors (Lipinski definition) is 4. The smallest absolute Gasteiger partial charge is 0.187 e. The molecule has 0 fully saturated rings.